The summed E-state index contributed by atoms with van der Waals surface area (Å²) in [5.41, 5.74) is 1.81. The van der Waals surface area contributed by atoms with Crippen LogP contribution in [0.4, 0.5) is 5.69 Å². The third-order valence-corrected chi connectivity index (χ3v) is 3.06. The Morgan fingerprint density at radius 1 is 1.29 bits per heavy atom. The fraction of sp³-hybridized carbons (Fsp3) is 0.200. The quantitative estimate of drug-likeness (QED) is 0.735. The van der Waals surface area contributed by atoms with Gasteiger partial charge in [0.25, 0.3) is 0 Å². The monoisotopic (exact) mass is 225 g/mol. The molecule has 1 aromatic carbocycles. The van der Waals surface area contributed by atoms with Crippen molar-refractivity contribution in [3.05, 3.63) is 29.3 Å². The lowest BCUT2D eigenvalue weighted by Gasteiger charge is -1.95. The van der Waals surface area contributed by atoms with Crippen molar-refractivity contribution >= 4 is 39.9 Å². The van der Waals surface area contributed by atoms with Crippen LogP contribution >= 0.6 is 23.4 Å². The van der Waals surface area contributed by atoms with E-state index >= 15 is 0 Å². The highest BCUT2D eigenvalue weighted by molar-refractivity contribution is 8.14. The highest BCUT2D eigenvalue weighted by Gasteiger charge is 2.17. The van der Waals surface area contributed by atoms with Crippen molar-refractivity contribution in [3.8, 4) is 0 Å². The van der Waals surface area contributed by atoms with Gasteiger partial charge in [-0.3, -0.25) is 9.79 Å². The number of nitrogens with zero attached hydrogens (tertiary/aromatic N) is 1. The Hall–Kier alpha value is -0.800. The molecule has 0 unspecified atom stereocenters. The van der Waals surface area contributed by atoms with Crippen LogP contribution < -0.4 is 0 Å². The van der Waals surface area contributed by atoms with Gasteiger partial charge in [-0.25, -0.2) is 0 Å². The third kappa shape index (κ3) is 2.36. The zero-order chi connectivity index (χ0) is 9.97. The number of rotatable bonds is 1. The second-order valence-electron chi connectivity index (χ2n) is 2.99. The Morgan fingerprint density at radius 3 is 2.57 bits per heavy atom. The molecule has 0 bridgehead atoms. The summed E-state index contributed by atoms with van der Waals surface area (Å²) in [5, 5.41) is 0.906. The van der Waals surface area contributed by atoms with Gasteiger partial charge in [-0.1, -0.05) is 23.4 Å². The summed E-state index contributed by atoms with van der Waals surface area (Å²) in [6.07, 6.45) is 0.479. The molecule has 1 heterocycles. The fourth-order valence-electron chi connectivity index (χ4n) is 1.20. The molecule has 2 nitrogen and oxygen atoms in total. The average Bonchev–Trinajstić information content (AvgIpc) is 2.56. The van der Waals surface area contributed by atoms with Gasteiger partial charge < -0.3 is 0 Å². The van der Waals surface area contributed by atoms with Crippen LogP contribution in [0.15, 0.2) is 29.3 Å². The summed E-state index contributed by atoms with van der Waals surface area (Å²) in [7, 11) is 0. The normalized spacial score (nSPS) is 19.2. The van der Waals surface area contributed by atoms with E-state index in [1.54, 1.807) is 12.1 Å². The lowest BCUT2D eigenvalue weighted by atomic mass is 10.3. The van der Waals surface area contributed by atoms with Crippen LogP contribution in [0.5, 0.6) is 0 Å². The molecular weight excluding hydrogens is 218 g/mol. The molecule has 2 rings (SSSR count). The van der Waals surface area contributed by atoms with E-state index in [1.807, 2.05) is 12.1 Å². The third-order valence-electron chi connectivity index (χ3n) is 1.86. The minimum atomic E-state index is 0.206. The molecule has 1 aliphatic rings. The van der Waals surface area contributed by atoms with E-state index in [-0.39, 0.29) is 5.12 Å². The van der Waals surface area contributed by atoms with Crippen molar-refractivity contribution in [2.75, 3.05) is 5.75 Å². The van der Waals surface area contributed by atoms with E-state index in [0.29, 0.717) is 11.4 Å². The Balaban J connectivity index is 2.17. The lowest BCUT2D eigenvalue weighted by molar-refractivity contribution is -0.109. The van der Waals surface area contributed by atoms with Crippen LogP contribution in [0, 0.1) is 0 Å². The van der Waals surface area contributed by atoms with Crippen LogP contribution in [0.2, 0.25) is 5.02 Å². The summed E-state index contributed by atoms with van der Waals surface area (Å²) in [6, 6.07) is 7.29. The van der Waals surface area contributed by atoms with Gasteiger partial charge in [0.15, 0.2) is 5.12 Å². The van der Waals surface area contributed by atoms with Crippen molar-refractivity contribution in [3.63, 3.8) is 0 Å². The molecular formula is C10H8ClNOS. The second kappa shape index (κ2) is 4.15. The topological polar surface area (TPSA) is 29.4 Å². The molecule has 1 aliphatic heterocycles. The van der Waals surface area contributed by atoms with Gasteiger partial charge in [0.1, 0.15) is 0 Å². The molecule has 0 N–H and O–H groups in total. The molecule has 0 spiro atoms. The van der Waals surface area contributed by atoms with Gasteiger partial charge >= 0.3 is 0 Å². The molecule has 1 saturated heterocycles. The molecule has 0 radical (unpaired) electrons. The molecule has 0 aliphatic carbocycles. The predicted molar refractivity (Wildman–Crippen MR) is 60.6 cm³/mol. The highest BCUT2D eigenvalue weighted by atomic mass is 35.5. The molecule has 0 saturated carbocycles. The molecule has 1 fully saturated rings. The number of thioether (sulfide) groups is 1. The first-order valence-corrected chi connectivity index (χ1v) is 5.58. The lowest BCUT2D eigenvalue weighted by Crippen LogP contribution is -1.93. The second-order valence-corrected chi connectivity index (χ2v) is 4.46. The maximum atomic E-state index is 11.0. The van der Waals surface area contributed by atoms with Crippen molar-refractivity contribution in [1.82, 2.24) is 0 Å². The summed E-state index contributed by atoms with van der Waals surface area (Å²) >= 11 is 7.08. The summed E-state index contributed by atoms with van der Waals surface area (Å²) in [5.74, 6) is 0.724. The van der Waals surface area contributed by atoms with E-state index in [1.165, 1.54) is 11.8 Å². The van der Waals surface area contributed by atoms with Crippen molar-refractivity contribution < 1.29 is 4.79 Å². The number of hydrogen-bond donors (Lipinski definition) is 0. The minimum Gasteiger partial charge on any atom is -0.287 e. The van der Waals surface area contributed by atoms with Gasteiger partial charge in [-0.05, 0) is 24.3 Å². The van der Waals surface area contributed by atoms with E-state index in [4.69, 9.17) is 11.6 Å². The standard InChI is InChI=1S/C10H8ClNOS/c11-7-1-3-8(4-2-7)12-9-5-10(13)14-6-9/h1-4H,5-6H2. The van der Waals surface area contributed by atoms with Crippen LogP contribution in [0.25, 0.3) is 0 Å². The van der Waals surface area contributed by atoms with Gasteiger partial charge in [0.2, 0.25) is 0 Å². The van der Waals surface area contributed by atoms with E-state index in [9.17, 15) is 4.79 Å². The Kier molecular flexibility index (Phi) is 2.89. The average molecular weight is 226 g/mol. The number of carbonyl (C=O) groups is 1. The highest BCUT2D eigenvalue weighted by Crippen LogP contribution is 2.22. The Bertz CT molecular complexity index is 386. The molecule has 4 heteroatoms. The maximum absolute atomic E-state index is 11.0. The van der Waals surface area contributed by atoms with Crippen molar-refractivity contribution in [2.24, 2.45) is 4.99 Å². The van der Waals surface area contributed by atoms with Crippen molar-refractivity contribution in [1.29, 1.82) is 0 Å². The molecule has 14 heavy (non-hydrogen) atoms. The van der Waals surface area contributed by atoms with Crippen molar-refractivity contribution in [2.45, 2.75) is 6.42 Å². The van der Waals surface area contributed by atoms with E-state index < -0.39 is 0 Å². The molecule has 0 amide bonds. The Morgan fingerprint density at radius 2 is 2.00 bits per heavy atom. The zero-order valence-electron chi connectivity index (χ0n) is 7.37. The first-order chi connectivity index (χ1) is 6.74. The number of benzene rings is 1. The van der Waals surface area contributed by atoms with E-state index in [0.717, 1.165) is 17.2 Å². The summed E-state index contributed by atoms with van der Waals surface area (Å²) in [6.45, 7) is 0. The van der Waals surface area contributed by atoms with Gasteiger partial charge in [0.05, 0.1) is 12.1 Å². The first kappa shape index (κ1) is 9.74. The fourth-order valence-corrected chi connectivity index (χ4v) is 2.09. The SMILES string of the molecule is O=C1CC(=Nc2ccc(Cl)cc2)CS1. The smallest absolute Gasteiger partial charge is 0.194 e. The zero-order valence-corrected chi connectivity index (χ0v) is 8.94. The Labute approximate surface area is 91.4 Å². The first-order valence-electron chi connectivity index (χ1n) is 4.22. The van der Waals surface area contributed by atoms with Crippen LogP contribution in [0.1, 0.15) is 6.42 Å². The van der Waals surface area contributed by atoms with Gasteiger partial charge in [0, 0.05) is 16.5 Å². The van der Waals surface area contributed by atoms with Crippen LogP contribution in [-0.4, -0.2) is 16.6 Å². The number of carbonyl (C=O) groups excluding carboxylic acids is 1. The van der Waals surface area contributed by atoms with Gasteiger partial charge in [-0.2, -0.15) is 0 Å². The number of hydrogen-bond acceptors (Lipinski definition) is 3. The summed E-state index contributed by atoms with van der Waals surface area (Å²) in [4.78, 5) is 15.3. The molecule has 0 aromatic heterocycles. The predicted octanol–water partition coefficient (Wildman–Crippen LogP) is 3.08. The molecule has 0 atom stereocenters. The number of halogens is 1. The van der Waals surface area contributed by atoms with Crippen LogP contribution in [-0.2, 0) is 4.79 Å². The van der Waals surface area contributed by atoms with Crippen LogP contribution in [0.3, 0.4) is 0 Å². The van der Waals surface area contributed by atoms with Gasteiger partial charge in [-0.15, -0.1) is 0 Å². The van der Waals surface area contributed by atoms with E-state index in [2.05, 4.69) is 4.99 Å². The largest absolute Gasteiger partial charge is 0.287 e. The minimum absolute atomic E-state index is 0.206. The number of aliphatic imine (C=N–C) groups is 1. The molecule has 1 aromatic rings. The summed E-state index contributed by atoms with van der Waals surface area (Å²) < 4.78 is 0. The maximum Gasteiger partial charge on any atom is 0.194 e. The molecule has 72 valence electrons.